The number of hydrogen-bond acceptors (Lipinski definition) is 2. The maximum Gasteiger partial charge on any atom is 0.0239 e. The summed E-state index contributed by atoms with van der Waals surface area (Å²) in [5.41, 5.74) is 10.2. The van der Waals surface area contributed by atoms with Crippen molar-refractivity contribution in [1.29, 1.82) is 0 Å². The first kappa shape index (κ1) is 11.6. The lowest BCUT2D eigenvalue weighted by Crippen LogP contribution is -2.36. The van der Waals surface area contributed by atoms with Gasteiger partial charge in [0.25, 0.3) is 0 Å². The Morgan fingerprint density at radius 3 is 2.75 bits per heavy atom. The molecule has 1 saturated heterocycles. The summed E-state index contributed by atoms with van der Waals surface area (Å²) < 4.78 is 0. The van der Waals surface area contributed by atoms with Crippen molar-refractivity contribution in [2.75, 3.05) is 6.54 Å². The molecule has 2 N–H and O–H groups in total. The molecule has 0 aliphatic carbocycles. The van der Waals surface area contributed by atoms with Gasteiger partial charge in [0.15, 0.2) is 0 Å². The van der Waals surface area contributed by atoms with E-state index in [0.29, 0.717) is 12.1 Å². The third-order valence-corrected chi connectivity index (χ3v) is 3.82. The fraction of sp³-hybridized carbons (Fsp3) is 0.571. The summed E-state index contributed by atoms with van der Waals surface area (Å²) in [4.78, 5) is 2.49. The first-order valence-corrected chi connectivity index (χ1v) is 6.13. The summed E-state index contributed by atoms with van der Waals surface area (Å²) in [6.07, 6.45) is 1.13. The second-order valence-electron chi connectivity index (χ2n) is 5.09. The Kier molecular flexibility index (Phi) is 3.31. The smallest absolute Gasteiger partial charge is 0.0239 e. The van der Waals surface area contributed by atoms with E-state index < -0.39 is 0 Å². The van der Waals surface area contributed by atoms with Gasteiger partial charge < -0.3 is 5.73 Å². The molecule has 88 valence electrons. The van der Waals surface area contributed by atoms with Gasteiger partial charge in [0.2, 0.25) is 0 Å². The van der Waals surface area contributed by atoms with Crippen LogP contribution in [0.2, 0.25) is 0 Å². The summed E-state index contributed by atoms with van der Waals surface area (Å²) in [6, 6.07) is 7.56. The monoisotopic (exact) mass is 218 g/mol. The summed E-state index contributed by atoms with van der Waals surface area (Å²) in [7, 11) is 0. The molecule has 1 aliphatic rings. The van der Waals surface area contributed by atoms with Crippen molar-refractivity contribution in [2.24, 2.45) is 5.73 Å². The zero-order valence-corrected chi connectivity index (χ0v) is 10.5. The zero-order valence-electron chi connectivity index (χ0n) is 10.5. The number of nitrogens with two attached hydrogens (primary N) is 1. The number of hydrogen-bond donors (Lipinski definition) is 1. The fourth-order valence-corrected chi connectivity index (χ4v) is 2.44. The van der Waals surface area contributed by atoms with E-state index in [1.807, 2.05) is 0 Å². The average Bonchev–Trinajstić information content (AvgIpc) is 2.55. The van der Waals surface area contributed by atoms with Crippen molar-refractivity contribution in [1.82, 2.24) is 4.90 Å². The van der Waals surface area contributed by atoms with Crippen LogP contribution in [0.15, 0.2) is 18.2 Å². The molecule has 1 heterocycles. The van der Waals surface area contributed by atoms with Gasteiger partial charge in [-0.15, -0.1) is 0 Å². The molecule has 0 bridgehead atoms. The molecule has 0 radical (unpaired) electrons. The standard InChI is InChI=1S/C14H22N2/c1-10-4-5-11(2)13(8-10)9-16-7-6-14(15)12(16)3/h4-5,8,12,14H,6-7,9,15H2,1-3H3. The van der Waals surface area contributed by atoms with Crippen molar-refractivity contribution in [3.05, 3.63) is 34.9 Å². The Bertz CT molecular complexity index is 373. The van der Waals surface area contributed by atoms with E-state index in [9.17, 15) is 0 Å². The number of nitrogens with zero attached hydrogens (tertiary/aromatic N) is 1. The molecule has 2 atom stereocenters. The fourth-order valence-electron chi connectivity index (χ4n) is 2.44. The largest absolute Gasteiger partial charge is 0.326 e. The van der Waals surface area contributed by atoms with Gasteiger partial charge >= 0.3 is 0 Å². The van der Waals surface area contributed by atoms with Crippen LogP contribution in [0, 0.1) is 13.8 Å². The van der Waals surface area contributed by atoms with Gasteiger partial charge in [-0.25, -0.2) is 0 Å². The third kappa shape index (κ3) is 2.28. The maximum absolute atomic E-state index is 6.05. The van der Waals surface area contributed by atoms with Crippen molar-refractivity contribution in [3.63, 3.8) is 0 Å². The van der Waals surface area contributed by atoms with Gasteiger partial charge in [-0.05, 0) is 38.3 Å². The number of benzene rings is 1. The normalized spacial score (nSPS) is 26.2. The van der Waals surface area contributed by atoms with Crippen molar-refractivity contribution in [3.8, 4) is 0 Å². The summed E-state index contributed by atoms with van der Waals surface area (Å²) in [5.74, 6) is 0. The van der Waals surface area contributed by atoms with Gasteiger partial charge in [0.05, 0.1) is 0 Å². The van der Waals surface area contributed by atoms with Crippen molar-refractivity contribution in [2.45, 2.75) is 45.8 Å². The molecule has 2 heteroatoms. The second-order valence-corrected chi connectivity index (χ2v) is 5.09. The van der Waals surface area contributed by atoms with Gasteiger partial charge in [0, 0.05) is 25.2 Å². The first-order chi connectivity index (χ1) is 7.58. The van der Waals surface area contributed by atoms with E-state index in [2.05, 4.69) is 43.9 Å². The van der Waals surface area contributed by atoms with Crippen LogP contribution in [0.3, 0.4) is 0 Å². The Morgan fingerprint density at radius 1 is 1.38 bits per heavy atom. The van der Waals surface area contributed by atoms with Gasteiger partial charge in [0.1, 0.15) is 0 Å². The molecule has 0 saturated carbocycles. The molecule has 1 aromatic rings. The third-order valence-electron chi connectivity index (χ3n) is 3.82. The molecule has 2 rings (SSSR count). The minimum absolute atomic E-state index is 0.352. The predicted molar refractivity (Wildman–Crippen MR) is 68.4 cm³/mol. The zero-order chi connectivity index (χ0) is 11.7. The van der Waals surface area contributed by atoms with E-state index in [0.717, 1.165) is 19.5 Å². The molecular weight excluding hydrogens is 196 g/mol. The molecule has 16 heavy (non-hydrogen) atoms. The molecule has 2 nitrogen and oxygen atoms in total. The summed E-state index contributed by atoms with van der Waals surface area (Å²) >= 11 is 0. The van der Waals surface area contributed by atoms with Gasteiger partial charge in [-0.3, -0.25) is 4.90 Å². The lowest BCUT2D eigenvalue weighted by Gasteiger charge is -2.24. The van der Waals surface area contributed by atoms with Crippen molar-refractivity contribution < 1.29 is 0 Å². The SMILES string of the molecule is Cc1ccc(C)c(CN2CCC(N)C2C)c1. The van der Waals surface area contributed by atoms with Gasteiger partial charge in [-0.2, -0.15) is 0 Å². The van der Waals surface area contributed by atoms with E-state index >= 15 is 0 Å². The number of aryl methyl sites for hydroxylation is 2. The molecule has 0 spiro atoms. The molecule has 0 aromatic heterocycles. The topological polar surface area (TPSA) is 29.3 Å². The van der Waals surface area contributed by atoms with Crippen LogP contribution in [0.4, 0.5) is 0 Å². The Balaban J connectivity index is 2.12. The average molecular weight is 218 g/mol. The van der Waals surface area contributed by atoms with Gasteiger partial charge in [-0.1, -0.05) is 23.8 Å². The highest BCUT2D eigenvalue weighted by Gasteiger charge is 2.27. The molecular formula is C14H22N2. The van der Waals surface area contributed by atoms with Crippen LogP contribution in [0.5, 0.6) is 0 Å². The lowest BCUT2D eigenvalue weighted by atomic mass is 10.0. The van der Waals surface area contributed by atoms with Crippen LogP contribution in [-0.4, -0.2) is 23.5 Å². The van der Waals surface area contributed by atoms with Crippen LogP contribution < -0.4 is 5.73 Å². The Hall–Kier alpha value is -0.860. The molecule has 1 aliphatic heterocycles. The van der Waals surface area contributed by atoms with Crippen LogP contribution in [0.1, 0.15) is 30.0 Å². The molecule has 0 amide bonds. The maximum atomic E-state index is 6.05. The Morgan fingerprint density at radius 2 is 2.12 bits per heavy atom. The van der Waals surface area contributed by atoms with E-state index in [1.54, 1.807) is 0 Å². The highest BCUT2D eigenvalue weighted by molar-refractivity contribution is 5.30. The first-order valence-electron chi connectivity index (χ1n) is 6.13. The molecule has 1 fully saturated rings. The predicted octanol–water partition coefficient (Wildman–Crippen LogP) is 2.22. The Labute approximate surface area is 98.4 Å². The lowest BCUT2D eigenvalue weighted by molar-refractivity contribution is 0.251. The molecule has 1 aromatic carbocycles. The number of likely N-dealkylation sites (tertiary alicyclic amines) is 1. The number of rotatable bonds is 2. The quantitative estimate of drug-likeness (QED) is 0.824. The second kappa shape index (κ2) is 4.56. The molecule has 2 unspecified atom stereocenters. The van der Waals surface area contributed by atoms with E-state index in [1.165, 1.54) is 16.7 Å². The van der Waals surface area contributed by atoms with E-state index in [4.69, 9.17) is 5.73 Å². The highest BCUT2D eigenvalue weighted by atomic mass is 15.2. The highest BCUT2D eigenvalue weighted by Crippen LogP contribution is 2.21. The summed E-state index contributed by atoms with van der Waals surface area (Å²) in [5, 5.41) is 0. The van der Waals surface area contributed by atoms with Crippen LogP contribution in [-0.2, 0) is 6.54 Å². The van der Waals surface area contributed by atoms with Crippen LogP contribution >= 0.6 is 0 Å². The minimum atomic E-state index is 0.352. The van der Waals surface area contributed by atoms with E-state index in [-0.39, 0.29) is 0 Å². The van der Waals surface area contributed by atoms with Crippen molar-refractivity contribution >= 4 is 0 Å². The van der Waals surface area contributed by atoms with Crippen LogP contribution in [0.25, 0.3) is 0 Å². The minimum Gasteiger partial charge on any atom is -0.326 e. The summed E-state index contributed by atoms with van der Waals surface area (Å²) in [6.45, 7) is 8.76.